The number of carbonyl (C=O) groups is 1. The molecule has 2 aromatic carbocycles. The summed E-state index contributed by atoms with van der Waals surface area (Å²) in [6.45, 7) is 3.31. The minimum atomic E-state index is -0.563. The third kappa shape index (κ3) is 5.15. The number of benzene rings is 2. The van der Waals surface area contributed by atoms with Gasteiger partial charge in [-0.05, 0) is 74.7 Å². The average Bonchev–Trinajstić information content (AvgIpc) is 3.78. The largest absolute Gasteiger partial charge is 0.374 e. The fraction of sp³-hybridized carbons (Fsp3) is 0.200. The average molecular weight is 541 g/mol. The van der Waals surface area contributed by atoms with E-state index in [0.717, 1.165) is 5.56 Å². The van der Waals surface area contributed by atoms with Gasteiger partial charge in [0, 0.05) is 30.5 Å². The van der Waals surface area contributed by atoms with Gasteiger partial charge in [-0.15, -0.1) is 0 Å². The molecule has 0 aliphatic heterocycles. The van der Waals surface area contributed by atoms with Crippen LogP contribution in [0.15, 0.2) is 76.4 Å². The van der Waals surface area contributed by atoms with Crippen LogP contribution in [0.4, 0.5) is 21.6 Å². The minimum absolute atomic E-state index is 0.0571. The van der Waals surface area contributed by atoms with Crippen LogP contribution in [-0.4, -0.2) is 27.5 Å². The number of halogens is 1. The van der Waals surface area contributed by atoms with Gasteiger partial charge in [0.1, 0.15) is 29.0 Å². The molecule has 1 fully saturated rings. The maximum Gasteiger partial charge on any atom is 0.336 e. The van der Waals surface area contributed by atoms with Crippen molar-refractivity contribution in [2.75, 3.05) is 17.7 Å². The third-order valence-corrected chi connectivity index (χ3v) is 6.68. The summed E-state index contributed by atoms with van der Waals surface area (Å²) in [6, 6.07) is 16.9. The Labute approximate surface area is 229 Å². The van der Waals surface area contributed by atoms with E-state index in [-0.39, 0.29) is 33.7 Å². The van der Waals surface area contributed by atoms with E-state index in [9.17, 15) is 18.8 Å². The predicted octanol–water partition coefficient (Wildman–Crippen LogP) is 2.69. The first-order chi connectivity index (χ1) is 19.3. The van der Waals surface area contributed by atoms with Crippen LogP contribution in [0.5, 0.6) is 0 Å². The molecule has 4 aromatic rings. The molecule has 0 unspecified atom stereocenters. The molecule has 0 bridgehead atoms. The molecular formula is C30H29FN6O3. The number of aldehydes is 1. The van der Waals surface area contributed by atoms with E-state index >= 15 is 0 Å². The summed E-state index contributed by atoms with van der Waals surface area (Å²) in [6.07, 6.45) is 3.63. The van der Waals surface area contributed by atoms with E-state index in [2.05, 4.69) is 20.9 Å². The number of hydrogen-bond donors (Lipinski definition) is 3. The lowest BCUT2D eigenvalue weighted by molar-refractivity contribution is -0.103. The van der Waals surface area contributed by atoms with Crippen LogP contribution < -0.4 is 37.8 Å². The maximum absolute atomic E-state index is 14.8. The van der Waals surface area contributed by atoms with Crippen LogP contribution >= 0.6 is 0 Å². The number of anilines is 3. The first-order valence-electron chi connectivity index (χ1n) is 12.9. The smallest absolute Gasteiger partial charge is 0.336 e. The van der Waals surface area contributed by atoms with E-state index < -0.39 is 17.1 Å². The van der Waals surface area contributed by atoms with Crippen molar-refractivity contribution >= 4 is 34.9 Å². The maximum atomic E-state index is 14.8. The Hall–Kier alpha value is -4.99. The molecule has 0 radical (unpaired) electrons. The van der Waals surface area contributed by atoms with Gasteiger partial charge in [0.2, 0.25) is 0 Å². The van der Waals surface area contributed by atoms with E-state index in [1.165, 1.54) is 15.2 Å². The number of aromatic nitrogens is 3. The first kappa shape index (κ1) is 26.6. The number of nitrogens with zero attached hydrogens (tertiary/aromatic N) is 3. The molecule has 2 heterocycles. The fourth-order valence-electron chi connectivity index (χ4n) is 4.59. The van der Waals surface area contributed by atoms with Crippen LogP contribution in [0.25, 0.3) is 17.1 Å². The molecule has 204 valence electrons. The monoisotopic (exact) mass is 540 g/mol. The molecule has 0 spiro atoms. The van der Waals surface area contributed by atoms with Crippen molar-refractivity contribution in [1.29, 1.82) is 0 Å². The Morgan fingerprint density at radius 2 is 1.88 bits per heavy atom. The van der Waals surface area contributed by atoms with Crippen LogP contribution in [0, 0.1) is 12.7 Å². The Balaban J connectivity index is 1.84. The summed E-state index contributed by atoms with van der Waals surface area (Å²) in [7, 11) is 1.59. The molecule has 10 heteroatoms. The molecule has 0 amide bonds. The lowest BCUT2D eigenvalue weighted by Gasteiger charge is -2.17. The van der Waals surface area contributed by atoms with Crippen molar-refractivity contribution in [2.45, 2.75) is 32.7 Å². The van der Waals surface area contributed by atoms with Gasteiger partial charge in [0.05, 0.1) is 16.7 Å². The Kier molecular flexibility index (Phi) is 7.33. The van der Waals surface area contributed by atoms with Gasteiger partial charge in [-0.1, -0.05) is 18.2 Å². The van der Waals surface area contributed by atoms with Gasteiger partial charge >= 0.3 is 5.69 Å². The molecule has 0 atom stereocenters. The molecular weight excluding hydrogens is 511 g/mol. The SMILES string of the molecule is CN/C(Nc1ccc(C)cc1F)=c1/c(=O)n(C2CC2)c(=O)n(-c2cccc(Nc3ccccn3)c2)/c1=C(\C)C=O. The van der Waals surface area contributed by atoms with E-state index in [1.54, 1.807) is 63.5 Å². The zero-order valence-corrected chi connectivity index (χ0v) is 22.4. The second-order valence-electron chi connectivity index (χ2n) is 9.67. The number of carbonyl (C=O) groups excluding carboxylic acids is 1. The Morgan fingerprint density at radius 1 is 1.07 bits per heavy atom. The van der Waals surface area contributed by atoms with Crippen LogP contribution in [-0.2, 0) is 4.79 Å². The predicted molar refractivity (Wildman–Crippen MR) is 154 cm³/mol. The van der Waals surface area contributed by atoms with Gasteiger partial charge in [0.25, 0.3) is 5.56 Å². The molecule has 1 saturated carbocycles. The third-order valence-electron chi connectivity index (χ3n) is 6.68. The summed E-state index contributed by atoms with van der Waals surface area (Å²) in [5.41, 5.74) is 1.02. The lowest BCUT2D eigenvalue weighted by atomic mass is 10.2. The van der Waals surface area contributed by atoms with Gasteiger partial charge in [-0.3, -0.25) is 18.7 Å². The standard InChI is InChI=1S/C30H29FN6O3/c1-18-10-13-24(23(31)15-18)35-28(32-3)26-27(19(2)17-38)36(30(40)37(29(26)39)21-11-12-21)22-8-6-7-20(16-22)34-25-9-4-5-14-33-25/h4-10,13-17,21,32,35H,11-12H2,1-3H3,(H,33,34)/b27-19+,28-26-. The highest BCUT2D eigenvalue weighted by Crippen LogP contribution is 2.32. The van der Waals surface area contributed by atoms with Crippen molar-refractivity contribution in [1.82, 2.24) is 19.4 Å². The second kappa shape index (κ2) is 11.0. The number of hydrogen-bond acceptors (Lipinski definition) is 7. The van der Waals surface area contributed by atoms with E-state index in [4.69, 9.17) is 0 Å². The molecule has 1 aliphatic rings. The molecule has 5 rings (SSSR count). The Morgan fingerprint density at radius 3 is 2.52 bits per heavy atom. The minimum Gasteiger partial charge on any atom is -0.374 e. The van der Waals surface area contributed by atoms with E-state index in [0.29, 0.717) is 36.3 Å². The van der Waals surface area contributed by atoms with Crippen molar-refractivity contribution in [3.8, 4) is 5.69 Å². The van der Waals surface area contributed by atoms with E-state index in [1.807, 2.05) is 18.2 Å². The number of aryl methyl sites for hydroxylation is 1. The summed E-state index contributed by atoms with van der Waals surface area (Å²) in [5, 5.41) is 9.32. The summed E-state index contributed by atoms with van der Waals surface area (Å²) >= 11 is 0. The molecule has 9 nitrogen and oxygen atoms in total. The van der Waals surface area contributed by atoms with Crippen LogP contribution in [0.1, 0.15) is 31.4 Å². The van der Waals surface area contributed by atoms with Gasteiger partial charge in [-0.2, -0.15) is 0 Å². The molecule has 2 aromatic heterocycles. The zero-order chi connectivity index (χ0) is 28.4. The first-order valence-corrected chi connectivity index (χ1v) is 12.9. The van der Waals surface area contributed by atoms with Crippen molar-refractivity contribution in [3.05, 3.63) is 110 Å². The highest BCUT2D eigenvalue weighted by atomic mass is 19.1. The summed E-state index contributed by atoms with van der Waals surface area (Å²) in [5.74, 6) is 0.269. The number of nitrogens with one attached hydrogen (secondary N) is 3. The number of pyridine rings is 1. The quantitative estimate of drug-likeness (QED) is 0.295. The van der Waals surface area contributed by atoms with Crippen molar-refractivity contribution in [3.63, 3.8) is 0 Å². The Bertz CT molecular complexity index is 1840. The summed E-state index contributed by atoms with van der Waals surface area (Å²) in [4.78, 5) is 44.3. The molecule has 3 N–H and O–H groups in total. The highest BCUT2D eigenvalue weighted by Gasteiger charge is 2.29. The van der Waals surface area contributed by atoms with Gasteiger partial charge in [0.15, 0.2) is 0 Å². The lowest BCUT2D eigenvalue weighted by Crippen LogP contribution is -2.60. The number of rotatable bonds is 8. The van der Waals surface area contributed by atoms with Gasteiger partial charge in [-0.25, -0.2) is 14.2 Å². The summed E-state index contributed by atoms with van der Waals surface area (Å²) < 4.78 is 17.4. The highest BCUT2D eigenvalue weighted by molar-refractivity contribution is 5.97. The van der Waals surface area contributed by atoms with Crippen molar-refractivity contribution < 1.29 is 9.18 Å². The second-order valence-corrected chi connectivity index (χ2v) is 9.67. The van der Waals surface area contributed by atoms with Crippen LogP contribution in [0.2, 0.25) is 0 Å². The van der Waals surface area contributed by atoms with Crippen LogP contribution in [0.3, 0.4) is 0 Å². The van der Waals surface area contributed by atoms with Gasteiger partial charge < -0.3 is 16.0 Å². The topological polar surface area (TPSA) is 110 Å². The van der Waals surface area contributed by atoms with Crippen molar-refractivity contribution in [2.24, 2.45) is 0 Å². The normalized spacial score (nSPS) is 14.3. The molecule has 1 aliphatic carbocycles. The zero-order valence-electron chi connectivity index (χ0n) is 22.4. The fourth-order valence-corrected chi connectivity index (χ4v) is 4.59. The molecule has 0 saturated heterocycles. The molecule has 40 heavy (non-hydrogen) atoms.